The van der Waals surface area contributed by atoms with Crippen LogP contribution < -0.4 is 10.1 Å². The number of nitrogens with zero attached hydrogens (tertiary/aromatic N) is 3. The van der Waals surface area contributed by atoms with Gasteiger partial charge in [0, 0.05) is 30.5 Å². The summed E-state index contributed by atoms with van der Waals surface area (Å²) in [6.45, 7) is 5.06. The standard InChI is InChI=1S/C27H28N4O3/c1-19(2)34-24-12-10-20(11-13-24)26-22(18-31(30-26)23-7-4-3-5-8-23)15-21(16-28)27(32)29-17-25-9-6-14-33-25/h3-5,7-8,10-13,15,18-19,25H,6,9,14,17H2,1-2H3,(H,29,32)/b21-15+. The molecule has 3 aromatic rings. The quantitative estimate of drug-likeness (QED) is 0.397. The molecule has 1 atom stereocenters. The van der Waals surface area contributed by atoms with Crippen LogP contribution in [0.2, 0.25) is 0 Å². The molecule has 1 aliphatic heterocycles. The number of amides is 1. The number of hydrogen-bond donors (Lipinski definition) is 1. The molecule has 34 heavy (non-hydrogen) atoms. The third-order valence-electron chi connectivity index (χ3n) is 5.44. The lowest BCUT2D eigenvalue weighted by Gasteiger charge is -2.10. The topological polar surface area (TPSA) is 89.2 Å². The smallest absolute Gasteiger partial charge is 0.262 e. The van der Waals surface area contributed by atoms with E-state index in [1.165, 1.54) is 0 Å². The first-order valence-corrected chi connectivity index (χ1v) is 11.5. The predicted octanol–water partition coefficient (Wildman–Crippen LogP) is 4.53. The van der Waals surface area contributed by atoms with Crippen molar-refractivity contribution in [2.24, 2.45) is 0 Å². The summed E-state index contributed by atoms with van der Waals surface area (Å²) >= 11 is 0. The van der Waals surface area contributed by atoms with E-state index in [2.05, 4.69) is 5.32 Å². The van der Waals surface area contributed by atoms with E-state index in [0.717, 1.165) is 29.8 Å². The molecule has 174 valence electrons. The maximum Gasteiger partial charge on any atom is 0.262 e. The van der Waals surface area contributed by atoms with Crippen LogP contribution in [-0.4, -0.2) is 41.0 Å². The van der Waals surface area contributed by atoms with Crippen molar-refractivity contribution in [1.82, 2.24) is 15.1 Å². The Hall–Kier alpha value is -3.89. The third kappa shape index (κ3) is 5.72. The van der Waals surface area contributed by atoms with Crippen molar-refractivity contribution in [3.63, 3.8) is 0 Å². The molecule has 1 unspecified atom stereocenters. The van der Waals surface area contributed by atoms with Gasteiger partial charge in [-0.15, -0.1) is 0 Å². The van der Waals surface area contributed by atoms with Gasteiger partial charge in [-0.05, 0) is 69.2 Å². The van der Waals surface area contributed by atoms with Crippen molar-refractivity contribution in [1.29, 1.82) is 5.26 Å². The van der Waals surface area contributed by atoms with Crippen molar-refractivity contribution in [2.45, 2.75) is 38.9 Å². The Kier molecular flexibility index (Phi) is 7.41. The summed E-state index contributed by atoms with van der Waals surface area (Å²) in [7, 11) is 0. The lowest BCUT2D eigenvalue weighted by molar-refractivity contribution is -0.117. The van der Waals surface area contributed by atoms with Gasteiger partial charge in [-0.3, -0.25) is 4.79 Å². The first-order chi connectivity index (χ1) is 16.5. The zero-order valence-electron chi connectivity index (χ0n) is 19.4. The molecule has 2 aromatic carbocycles. The zero-order chi connectivity index (χ0) is 23.9. The summed E-state index contributed by atoms with van der Waals surface area (Å²) in [4.78, 5) is 12.7. The Morgan fingerprint density at radius 3 is 2.68 bits per heavy atom. The number of ether oxygens (including phenoxy) is 2. The van der Waals surface area contributed by atoms with Gasteiger partial charge in [0.1, 0.15) is 17.4 Å². The van der Waals surface area contributed by atoms with Gasteiger partial charge in [0.15, 0.2) is 0 Å². The molecule has 7 nitrogen and oxygen atoms in total. The molecule has 1 saturated heterocycles. The maximum absolute atomic E-state index is 12.7. The number of nitriles is 1. The number of nitrogens with one attached hydrogen (secondary N) is 1. The van der Waals surface area contributed by atoms with Gasteiger partial charge in [-0.1, -0.05) is 18.2 Å². The molecule has 4 rings (SSSR count). The molecule has 0 saturated carbocycles. The first-order valence-electron chi connectivity index (χ1n) is 11.5. The van der Waals surface area contributed by atoms with Gasteiger partial charge in [-0.25, -0.2) is 4.68 Å². The molecular formula is C27H28N4O3. The number of hydrogen-bond acceptors (Lipinski definition) is 5. The number of aromatic nitrogens is 2. The second kappa shape index (κ2) is 10.8. The van der Waals surface area contributed by atoms with E-state index in [1.807, 2.05) is 80.7 Å². The lowest BCUT2D eigenvalue weighted by Crippen LogP contribution is -2.32. The zero-order valence-corrected chi connectivity index (χ0v) is 19.4. The molecule has 0 bridgehead atoms. The number of carbonyl (C=O) groups excluding carboxylic acids is 1. The summed E-state index contributed by atoms with van der Waals surface area (Å²) in [6, 6.07) is 19.4. The van der Waals surface area contributed by atoms with Gasteiger partial charge in [0.05, 0.1) is 23.6 Å². The predicted molar refractivity (Wildman–Crippen MR) is 130 cm³/mol. The molecule has 0 aliphatic carbocycles. The molecule has 1 aliphatic rings. The van der Waals surface area contributed by atoms with Crippen LogP contribution in [0.1, 0.15) is 32.3 Å². The number of para-hydroxylation sites is 1. The average molecular weight is 457 g/mol. The van der Waals surface area contributed by atoms with Gasteiger partial charge in [0.25, 0.3) is 5.91 Å². The lowest BCUT2D eigenvalue weighted by atomic mass is 10.1. The monoisotopic (exact) mass is 456 g/mol. The number of benzene rings is 2. The molecule has 1 fully saturated rings. The van der Waals surface area contributed by atoms with Crippen LogP contribution in [0, 0.1) is 11.3 Å². The van der Waals surface area contributed by atoms with E-state index < -0.39 is 5.91 Å². The van der Waals surface area contributed by atoms with Gasteiger partial charge in [-0.2, -0.15) is 10.4 Å². The van der Waals surface area contributed by atoms with Crippen LogP contribution in [0.25, 0.3) is 23.0 Å². The highest BCUT2D eigenvalue weighted by molar-refractivity contribution is 6.02. The van der Waals surface area contributed by atoms with E-state index in [0.29, 0.717) is 24.4 Å². The van der Waals surface area contributed by atoms with Crippen molar-refractivity contribution in [3.8, 4) is 28.8 Å². The molecule has 1 amide bonds. The largest absolute Gasteiger partial charge is 0.491 e. The number of carbonyl (C=O) groups is 1. The van der Waals surface area contributed by atoms with Crippen LogP contribution in [0.3, 0.4) is 0 Å². The minimum absolute atomic E-state index is 0.00635. The normalized spacial score (nSPS) is 15.8. The van der Waals surface area contributed by atoms with Crippen LogP contribution in [0.5, 0.6) is 5.75 Å². The minimum atomic E-state index is -0.419. The first kappa shape index (κ1) is 23.3. The Labute approximate surface area is 199 Å². The summed E-state index contributed by atoms with van der Waals surface area (Å²) in [5.74, 6) is 0.349. The summed E-state index contributed by atoms with van der Waals surface area (Å²) in [5, 5.41) is 17.3. The fourth-order valence-electron chi connectivity index (χ4n) is 3.80. The average Bonchev–Trinajstić information content (AvgIpc) is 3.52. The molecule has 7 heteroatoms. The van der Waals surface area contributed by atoms with Crippen molar-refractivity contribution in [3.05, 3.63) is 71.9 Å². The highest BCUT2D eigenvalue weighted by Gasteiger charge is 2.19. The van der Waals surface area contributed by atoms with Crippen molar-refractivity contribution >= 4 is 12.0 Å². The molecule has 0 spiro atoms. The van der Waals surface area contributed by atoms with E-state index in [4.69, 9.17) is 14.6 Å². The number of rotatable bonds is 8. The van der Waals surface area contributed by atoms with Crippen LogP contribution in [0.15, 0.2) is 66.4 Å². The third-order valence-corrected chi connectivity index (χ3v) is 5.44. The Balaban J connectivity index is 1.66. The second-order valence-electron chi connectivity index (χ2n) is 8.42. The summed E-state index contributed by atoms with van der Waals surface area (Å²) in [6.07, 6.45) is 5.40. The minimum Gasteiger partial charge on any atom is -0.491 e. The van der Waals surface area contributed by atoms with Crippen LogP contribution >= 0.6 is 0 Å². The van der Waals surface area contributed by atoms with Gasteiger partial charge < -0.3 is 14.8 Å². The van der Waals surface area contributed by atoms with E-state index >= 15 is 0 Å². The fourth-order valence-corrected chi connectivity index (χ4v) is 3.80. The fraction of sp³-hybridized carbons (Fsp3) is 0.296. The van der Waals surface area contributed by atoms with E-state index in [-0.39, 0.29) is 17.8 Å². The second-order valence-corrected chi connectivity index (χ2v) is 8.42. The maximum atomic E-state index is 12.7. The van der Waals surface area contributed by atoms with E-state index in [1.54, 1.807) is 10.8 Å². The molecule has 1 aromatic heterocycles. The highest BCUT2D eigenvalue weighted by Crippen LogP contribution is 2.28. The molecule has 2 heterocycles. The van der Waals surface area contributed by atoms with Crippen LogP contribution in [-0.2, 0) is 9.53 Å². The van der Waals surface area contributed by atoms with Crippen molar-refractivity contribution < 1.29 is 14.3 Å². The van der Waals surface area contributed by atoms with Gasteiger partial charge in [0.2, 0.25) is 0 Å². The molecular weight excluding hydrogens is 428 g/mol. The Morgan fingerprint density at radius 1 is 1.26 bits per heavy atom. The highest BCUT2D eigenvalue weighted by atomic mass is 16.5. The Bertz CT molecular complexity index is 1180. The Morgan fingerprint density at radius 2 is 2.03 bits per heavy atom. The summed E-state index contributed by atoms with van der Waals surface area (Å²) in [5.41, 5.74) is 3.09. The molecule has 0 radical (unpaired) electrons. The SMILES string of the molecule is CC(C)Oc1ccc(-c2nn(-c3ccccc3)cc2/C=C(\C#N)C(=O)NCC2CCCO2)cc1. The van der Waals surface area contributed by atoms with Crippen LogP contribution in [0.4, 0.5) is 0 Å². The van der Waals surface area contributed by atoms with E-state index in [9.17, 15) is 10.1 Å². The van der Waals surface area contributed by atoms with Gasteiger partial charge >= 0.3 is 0 Å². The van der Waals surface area contributed by atoms with Crippen molar-refractivity contribution in [2.75, 3.05) is 13.2 Å². The molecule has 1 N–H and O–H groups in total. The summed E-state index contributed by atoms with van der Waals surface area (Å²) < 4.78 is 13.1.